The average Bonchev–Trinajstić information content (AvgIpc) is 2.83. The smallest absolute Gasteiger partial charge is 0.183 e. The van der Waals surface area contributed by atoms with E-state index in [4.69, 9.17) is 18.9 Å². The molecule has 3 aromatic rings. The summed E-state index contributed by atoms with van der Waals surface area (Å²) in [7, 11) is 0. The van der Waals surface area contributed by atoms with Gasteiger partial charge in [0, 0.05) is 0 Å². The van der Waals surface area contributed by atoms with Gasteiger partial charge in [-0.2, -0.15) is 0 Å². The summed E-state index contributed by atoms with van der Waals surface area (Å²) in [5.74, 6) is 0. The van der Waals surface area contributed by atoms with Gasteiger partial charge in [0.25, 0.3) is 0 Å². The monoisotopic (exact) mass is 420 g/mol. The third kappa shape index (κ3) is 6.23. The highest BCUT2D eigenvalue weighted by Crippen LogP contribution is 2.25. The lowest BCUT2D eigenvalue weighted by atomic mass is 10.0. The molecule has 0 aliphatic carbocycles. The van der Waals surface area contributed by atoms with E-state index in [-0.39, 0.29) is 12.7 Å². The van der Waals surface area contributed by atoms with Crippen LogP contribution in [-0.2, 0) is 38.8 Å². The van der Waals surface area contributed by atoms with Gasteiger partial charge in [-0.3, -0.25) is 0 Å². The van der Waals surface area contributed by atoms with Gasteiger partial charge in [0.05, 0.1) is 26.4 Å². The Morgan fingerprint density at radius 2 is 1.03 bits per heavy atom. The molecule has 5 nitrogen and oxygen atoms in total. The summed E-state index contributed by atoms with van der Waals surface area (Å²) in [4.78, 5) is 0. The number of hydrogen-bond acceptors (Lipinski definition) is 5. The molecule has 0 amide bonds. The number of rotatable bonds is 9. The zero-order chi connectivity index (χ0) is 21.3. The molecule has 1 saturated heterocycles. The van der Waals surface area contributed by atoms with Gasteiger partial charge in [-0.15, -0.1) is 0 Å². The van der Waals surface area contributed by atoms with Crippen LogP contribution in [0, 0.1) is 0 Å². The molecule has 162 valence electrons. The fourth-order valence-electron chi connectivity index (χ4n) is 3.59. The first-order valence-electron chi connectivity index (χ1n) is 10.6. The van der Waals surface area contributed by atoms with Gasteiger partial charge >= 0.3 is 0 Å². The minimum absolute atomic E-state index is 0.235. The van der Waals surface area contributed by atoms with Gasteiger partial charge in [0.2, 0.25) is 0 Å². The van der Waals surface area contributed by atoms with Gasteiger partial charge in [-0.25, -0.2) is 0 Å². The van der Waals surface area contributed by atoms with E-state index >= 15 is 0 Å². The first-order valence-corrected chi connectivity index (χ1v) is 10.6. The average molecular weight is 421 g/mol. The van der Waals surface area contributed by atoms with Crippen LogP contribution in [0.25, 0.3) is 0 Å². The second-order valence-corrected chi connectivity index (χ2v) is 7.58. The summed E-state index contributed by atoms with van der Waals surface area (Å²) in [6.45, 7) is 1.41. The molecular weight excluding hydrogens is 392 g/mol. The van der Waals surface area contributed by atoms with Gasteiger partial charge < -0.3 is 24.1 Å². The molecule has 1 aliphatic heterocycles. The number of hydrogen-bond donors (Lipinski definition) is 1. The lowest BCUT2D eigenvalue weighted by Crippen LogP contribution is -2.56. The Labute approximate surface area is 183 Å². The van der Waals surface area contributed by atoms with Crippen LogP contribution >= 0.6 is 0 Å². The Bertz CT molecular complexity index is 887. The minimum atomic E-state index is -1.08. The second-order valence-electron chi connectivity index (χ2n) is 7.58. The molecule has 1 unspecified atom stereocenters. The molecule has 1 fully saturated rings. The van der Waals surface area contributed by atoms with Crippen molar-refractivity contribution in [2.75, 3.05) is 6.61 Å². The van der Waals surface area contributed by atoms with E-state index in [1.54, 1.807) is 0 Å². The number of aliphatic hydroxyl groups excluding tert-OH is 1. The topological polar surface area (TPSA) is 57.2 Å². The van der Waals surface area contributed by atoms with Crippen LogP contribution in [0.1, 0.15) is 16.7 Å². The predicted octanol–water partition coefficient (Wildman–Crippen LogP) is 4.09. The third-order valence-electron chi connectivity index (χ3n) is 5.28. The van der Waals surface area contributed by atoms with Crippen molar-refractivity contribution in [1.82, 2.24) is 0 Å². The summed E-state index contributed by atoms with van der Waals surface area (Å²) >= 11 is 0. The molecule has 0 radical (unpaired) electrons. The number of ether oxygens (including phenoxy) is 4. The normalized spacial score (nSPS) is 23.5. The minimum Gasteiger partial charge on any atom is -0.368 e. The first-order chi connectivity index (χ1) is 15.3. The highest BCUT2D eigenvalue weighted by atomic mass is 16.7. The van der Waals surface area contributed by atoms with Crippen molar-refractivity contribution < 1.29 is 24.1 Å². The quantitative estimate of drug-likeness (QED) is 0.565. The largest absolute Gasteiger partial charge is 0.368 e. The fraction of sp³-hybridized carbons (Fsp3) is 0.308. The standard InChI is InChI=1S/C26H28O5/c27-26-25(30-18-22-14-8-3-9-15-22)24(29-17-21-12-6-2-7-13-21)23(19-31-26)28-16-20-10-4-1-5-11-20/h1-15,23-27H,16-19H2/t23-,24+,25-,26?/m1/s1. The summed E-state index contributed by atoms with van der Waals surface area (Å²) in [5, 5.41) is 10.5. The zero-order valence-corrected chi connectivity index (χ0v) is 17.4. The lowest BCUT2D eigenvalue weighted by Gasteiger charge is -2.40. The van der Waals surface area contributed by atoms with Crippen LogP contribution in [0.5, 0.6) is 0 Å². The van der Waals surface area contributed by atoms with Crippen LogP contribution in [0.4, 0.5) is 0 Å². The molecule has 0 spiro atoms. The predicted molar refractivity (Wildman–Crippen MR) is 117 cm³/mol. The second kappa shape index (κ2) is 11.2. The van der Waals surface area contributed by atoms with Crippen molar-refractivity contribution >= 4 is 0 Å². The van der Waals surface area contributed by atoms with Crippen molar-refractivity contribution in [2.24, 2.45) is 0 Å². The van der Waals surface area contributed by atoms with Crippen LogP contribution in [0.15, 0.2) is 91.0 Å². The van der Waals surface area contributed by atoms with E-state index in [1.165, 1.54) is 0 Å². The molecule has 4 atom stereocenters. The summed E-state index contributed by atoms with van der Waals surface area (Å²) < 4.78 is 24.1. The highest BCUT2D eigenvalue weighted by Gasteiger charge is 2.42. The summed E-state index contributed by atoms with van der Waals surface area (Å²) in [6, 6.07) is 29.8. The van der Waals surface area contributed by atoms with Crippen molar-refractivity contribution in [3.05, 3.63) is 108 Å². The molecule has 0 saturated carbocycles. The maximum absolute atomic E-state index is 10.5. The van der Waals surface area contributed by atoms with Crippen molar-refractivity contribution in [1.29, 1.82) is 0 Å². The lowest BCUT2D eigenvalue weighted by molar-refractivity contribution is -0.286. The molecule has 31 heavy (non-hydrogen) atoms. The molecule has 0 aromatic heterocycles. The zero-order valence-electron chi connectivity index (χ0n) is 17.4. The van der Waals surface area contributed by atoms with Gasteiger partial charge in [0.15, 0.2) is 6.29 Å². The molecular formula is C26H28O5. The Balaban J connectivity index is 1.46. The van der Waals surface area contributed by atoms with Crippen molar-refractivity contribution in [3.63, 3.8) is 0 Å². The van der Waals surface area contributed by atoms with E-state index in [2.05, 4.69) is 0 Å². The van der Waals surface area contributed by atoms with Gasteiger partial charge in [-0.05, 0) is 16.7 Å². The summed E-state index contributed by atoms with van der Waals surface area (Å²) in [6.07, 6.45) is -2.59. The molecule has 1 N–H and O–H groups in total. The maximum atomic E-state index is 10.5. The Morgan fingerprint density at radius 1 is 0.613 bits per heavy atom. The summed E-state index contributed by atoms with van der Waals surface area (Å²) in [5.41, 5.74) is 3.13. The first kappa shape index (κ1) is 21.7. The molecule has 5 heteroatoms. The van der Waals surface area contributed by atoms with E-state index in [0.29, 0.717) is 19.8 Å². The highest BCUT2D eigenvalue weighted by molar-refractivity contribution is 5.15. The molecule has 0 bridgehead atoms. The maximum Gasteiger partial charge on any atom is 0.183 e. The van der Waals surface area contributed by atoms with Crippen LogP contribution in [-0.4, -0.2) is 36.3 Å². The van der Waals surface area contributed by atoms with Crippen LogP contribution in [0.3, 0.4) is 0 Å². The molecule has 3 aromatic carbocycles. The molecule has 1 heterocycles. The van der Waals surface area contributed by atoms with Crippen molar-refractivity contribution in [2.45, 2.75) is 44.4 Å². The van der Waals surface area contributed by atoms with Gasteiger partial charge in [0.1, 0.15) is 18.3 Å². The Kier molecular flexibility index (Phi) is 7.82. The van der Waals surface area contributed by atoms with E-state index in [0.717, 1.165) is 16.7 Å². The van der Waals surface area contributed by atoms with E-state index in [1.807, 2.05) is 91.0 Å². The fourth-order valence-corrected chi connectivity index (χ4v) is 3.59. The number of aliphatic hydroxyl groups is 1. The van der Waals surface area contributed by atoms with Gasteiger partial charge in [-0.1, -0.05) is 91.0 Å². The molecule has 1 aliphatic rings. The van der Waals surface area contributed by atoms with Crippen molar-refractivity contribution in [3.8, 4) is 0 Å². The van der Waals surface area contributed by atoms with E-state index < -0.39 is 18.5 Å². The van der Waals surface area contributed by atoms with E-state index in [9.17, 15) is 5.11 Å². The SMILES string of the molecule is OC1OC[C@@H](OCc2ccccc2)[C@H](OCc2ccccc2)[C@H]1OCc1ccccc1. The number of benzene rings is 3. The Morgan fingerprint density at radius 3 is 1.52 bits per heavy atom. The van der Waals surface area contributed by atoms with Crippen LogP contribution < -0.4 is 0 Å². The van der Waals surface area contributed by atoms with Crippen LogP contribution in [0.2, 0.25) is 0 Å². The molecule has 4 rings (SSSR count). The Hall–Kier alpha value is -2.54. The third-order valence-corrected chi connectivity index (χ3v) is 5.28.